The van der Waals surface area contributed by atoms with Crippen LogP contribution in [0, 0.1) is 5.82 Å². The number of esters is 1. The normalized spacial score (nSPS) is 19.2. The van der Waals surface area contributed by atoms with Gasteiger partial charge in [-0.15, -0.1) is 0 Å². The molecule has 1 aliphatic rings. The Kier molecular flexibility index (Phi) is 3.01. The molecule has 0 N–H and O–H groups in total. The summed E-state index contributed by atoms with van der Waals surface area (Å²) in [6.45, 7) is 0.708. The molecule has 1 aromatic carbocycles. The lowest BCUT2D eigenvalue weighted by Gasteiger charge is -2.40. The van der Waals surface area contributed by atoms with Crippen molar-refractivity contribution in [2.45, 2.75) is 12.5 Å². The summed E-state index contributed by atoms with van der Waals surface area (Å²) >= 11 is 5.75. The van der Waals surface area contributed by atoms with Crippen LogP contribution in [0.25, 0.3) is 0 Å². The standard InChI is InChI=1S/C11H11ClFNO2/c1-16-11(15)10-2-3-14(10)9-5-7(12)4-8(13)6-9/h4-6,10H,2-3H2,1H3. The Balaban J connectivity index is 2.21. The van der Waals surface area contributed by atoms with E-state index in [0.29, 0.717) is 17.3 Å². The number of methoxy groups -OCH3 is 1. The van der Waals surface area contributed by atoms with Gasteiger partial charge < -0.3 is 9.64 Å². The fourth-order valence-electron chi connectivity index (χ4n) is 1.78. The van der Waals surface area contributed by atoms with Gasteiger partial charge in [0.15, 0.2) is 0 Å². The van der Waals surface area contributed by atoms with Gasteiger partial charge in [0.2, 0.25) is 0 Å². The minimum atomic E-state index is -0.405. The molecular weight excluding hydrogens is 233 g/mol. The van der Waals surface area contributed by atoms with Crippen molar-refractivity contribution in [3.8, 4) is 0 Å². The van der Waals surface area contributed by atoms with E-state index >= 15 is 0 Å². The third-order valence-corrected chi connectivity index (χ3v) is 2.89. The third kappa shape index (κ3) is 1.97. The molecule has 1 heterocycles. The summed E-state index contributed by atoms with van der Waals surface area (Å²) in [5.74, 6) is -0.704. The Bertz CT molecular complexity index is 404. The maximum atomic E-state index is 13.1. The maximum Gasteiger partial charge on any atom is 0.328 e. The van der Waals surface area contributed by atoms with E-state index < -0.39 is 5.82 Å². The van der Waals surface area contributed by atoms with Crippen LogP contribution in [0.5, 0.6) is 0 Å². The number of nitrogens with zero attached hydrogens (tertiary/aromatic N) is 1. The van der Waals surface area contributed by atoms with E-state index in [-0.39, 0.29) is 12.0 Å². The molecule has 16 heavy (non-hydrogen) atoms. The van der Waals surface area contributed by atoms with Crippen LogP contribution in [0.15, 0.2) is 18.2 Å². The molecule has 0 aliphatic carbocycles. The molecule has 1 aliphatic heterocycles. The first kappa shape index (κ1) is 11.2. The van der Waals surface area contributed by atoms with Crippen LogP contribution >= 0.6 is 11.6 Å². The van der Waals surface area contributed by atoms with Gasteiger partial charge in [0.1, 0.15) is 11.9 Å². The summed E-state index contributed by atoms with van der Waals surface area (Å²) < 4.78 is 17.8. The molecule has 0 saturated carbocycles. The van der Waals surface area contributed by atoms with Gasteiger partial charge >= 0.3 is 5.97 Å². The van der Waals surface area contributed by atoms with E-state index in [1.165, 1.54) is 19.2 Å². The van der Waals surface area contributed by atoms with Crippen LogP contribution in [0.1, 0.15) is 6.42 Å². The molecule has 1 unspecified atom stereocenters. The van der Waals surface area contributed by atoms with Gasteiger partial charge in [0.05, 0.1) is 7.11 Å². The summed E-state index contributed by atoms with van der Waals surface area (Å²) in [7, 11) is 1.34. The van der Waals surface area contributed by atoms with Crippen LogP contribution in [0.4, 0.5) is 10.1 Å². The second-order valence-corrected chi connectivity index (χ2v) is 4.09. The van der Waals surface area contributed by atoms with Crippen molar-refractivity contribution < 1.29 is 13.9 Å². The molecule has 0 spiro atoms. The number of hydrogen-bond donors (Lipinski definition) is 0. The van der Waals surface area contributed by atoms with Crippen LogP contribution in [-0.2, 0) is 9.53 Å². The molecule has 0 radical (unpaired) electrons. The number of anilines is 1. The highest BCUT2D eigenvalue weighted by molar-refractivity contribution is 6.30. The quantitative estimate of drug-likeness (QED) is 0.746. The Morgan fingerprint density at radius 3 is 2.81 bits per heavy atom. The van der Waals surface area contributed by atoms with Gasteiger partial charge in [-0.1, -0.05) is 11.6 Å². The number of ether oxygens (including phenoxy) is 1. The Labute approximate surface area is 97.8 Å². The molecule has 1 aromatic rings. The van der Waals surface area contributed by atoms with Gasteiger partial charge in [0.25, 0.3) is 0 Å². The first-order valence-corrected chi connectivity index (χ1v) is 5.30. The van der Waals surface area contributed by atoms with Gasteiger partial charge in [-0.2, -0.15) is 0 Å². The van der Waals surface area contributed by atoms with Crippen LogP contribution < -0.4 is 4.90 Å². The van der Waals surface area contributed by atoms with E-state index in [1.807, 2.05) is 0 Å². The Hall–Kier alpha value is -1.29. The topological polar surface area (TPSA) is 29.5 Å². The number of carbonyl (C=O) groups is 1. The van der Waals surface area contributed by atoms with Crippen molar-refractivity contribution in [1.82, 2.24) is 0 Å². The van der Waals surface area contributed by atoms with Crippen molar-refractivity contribution in [3.05, 3.63) is 29.0 Å². The zero-order chi connectivity index (χ0) is 11.7. The lowest BCUT2D eigenvalue weighted by molar-refractivity contribution is -0.143. The number of rotatable bonds is 2. The van der Waals surface area contributed by atoms with Crippen molar-refractivity contribution in [2.75, 3.05) is 18.6 Å². The maximum absolute atomic E-state index is 13.1. The minimum Gasteiger partial charge on any atom is -0.467 e. The van der Waals surface area contributed by atoms with Gasteiger partial charge in [-0.25, -0.2) is 9.18 Å². The first-order chi connectivity index (χ1) is 7.61. The van der Waals surface area contributed by atoms with Gasteiger partial charge in [-0.05, 0) is 24.6 Å². The summed E-state index contributed by atoms with van der Waals surface area (Å²) in [6.07, 6.45) is 0.723. The van der Waals surface area contributed by atoms with Crippen molar-refractivity contribution >= 4 is 23.3 Å². The Morgan fingerprint density at radius 1 is 1.56 bits per heavy atom. The molecule has 1 saturated heterocycles. The molecule has 1 atom stereocenters. The fourth-order valence-corrected chi connectivity index (χ4v) is 2.00. The van der Waals surface area contributed by atoms with E-state index in [9.17, 15) is 9.18 Å². The number of carbonyl (C=O) groups excluding carboxylic acids is 1. The second kappa shape index (κ2) is 4.29. The molecule has 1 fully saturated rings. The summed E-state index contributed by atoms with van der Waals surface area (Å²) in [5, 5.41) is 0.325. The molecule has 5 heteroatoms. The zero-order valence-corrected chi connectivity index (χ0v) is 9.50. The van der Waals surface area contributed by atoms with Crippen LogP contribution in [-0.4, -0.2) is 25.7 Å². The largest absolute Gasteiger partial charge is 0.467 e. The predicted octanol–water partition coefficient (Wildman–Crippen LogP) is 2.23. The molecule has 0 bridgehead atoms. The van der Waals surface area contributed by atoms with E-state index in [1.54, 1.807) is 11.0 Å². The van der Waals surface area contributed by atoms with E-state index in [0.717, 1.165) is 6.42 Å². The van der Waals surface area contributed by atoms with Crippen molar-refractivity contribution in [2.24, 2.45) is 0 Å². The first-order valence-electron chi connectivity index (χ1n) is 4.92. The van der Waals surface area contributed by atoms with Crippen molar-refractivity contribution in [3.63, 3.8) is 0 Å². The molecule has 3 nitrogen and oxygen atoms in total. The summed E-state index contributed by atoms with van der Waals surface area (Å²) in [6, 6.07) is 3.92. The molecule has 0 aromatic heterocycles. The molecular formula is C11H11ClFNO2. The summed E-state index contributed by atoms with van der Waals surface area (Å²) in [5.41, 5.74) is 0.617. The lowest BCUT2D eigenvalue weighted by Crippen LogP contribution is -2.53. The fraction of sp³-hybridized carbons (Fsp3) is 0.364. The lowest BCUT2D eigenvalue weighted by atomic mass is 10.0. The molecule has 0 amide bonds. The predicted molar refractivity (Wildman–Crippen MR) is 59.2 cm³/mol. The Morgan fingerprint density at radius 2 is 2.31 bits per heavy atom. The van der Waals surface area contributed by atoms with Crippen LogP contribution in [0.3, 0.4) is 0 Å². The van der Waals surface area contributed by atoms with Gasteiger partial charge in [0, 0.05) is 17.3 Å². The van der Waals surface area contributed by atoms with Crippen LogP contribution in [0.2, 0.25) is 5.02 Å². The highest BCUT2D eigenvalue weighted by Gasteiger charge is 2.35. The third-order valence-electron chi connectivity index (χ3n) is 2.67. The van der Waals surface area contributed by atoms with Crippen molar-refractivity contribution in [1.29, 1.82) is 0 Å². The molecule has 86 valence electrons. The monoisotopic (exact) mass is 243 g/mol. The smallest absolute Gasteiger partial charge is 0.328 e. The average molecular weight is 244 g/mol. The highest BCUT2D eigenvalue weighted by atomic mass is 35.5. The summed E-state index contributed by atoms with van der Waals surface area (Å²) in [4.78, 5) is 13.1. The highest BCUT2D eigenvalue weighted by Crippen LogP contribution is 2.30. The number of halogens is 2. The SMILES string of the molecule is COC(=O)C1CCN1c1cc(F)cc(Cl)c1. The second-order valence-electron chi connectivity index (χ2n) is 3.65. The number of benzene rings is 1. The van der Waals surface area contributed by atoms with E-state index in [4.69, 9.17) is 11.6 Å². The molecule has 2 rings (SSSR count). The average Bonchev–Trinajstić information content (AvgIpc) is 2.14. The number of hydrogen-bond acceptors (Lipinski definition) is 3. The van der Waals surface area contributed by atoms with E-state index in [2.05, 4.69) is 4.74 Å². The van der Waals surface area contributed by atoms with Gasteiger partial charge in [-0.3, -0.25) is 0 Å². The minimum absolute atomic E-state index is 0.299. The zero-order valence-electron chi connectivity index (χ0n) is 8.74.